The van der Waals surface area contributed by atoms with Crippen LogP contribution in [0.1, 0.15) is 19.4 Å². The lowest BCUT2D eigenvalue weighted by Gasteiger charge is -2.40. The van der Waals surface area contributed by atoms with E-state index in [4.69, 9.17) is 5.73 Å². The Labute approximate surface area is 103 Å². The summed E-state index contributed by atoms with van der Waals surface area (Å²) in [4.78, 5) is 9.22. The average molecular weight is 234 g/mol. The van der Waals surface area contributed by atoms with E-state index in [0.29, 0.717) is 6.04 Å². The number of nitrogens with two attached hydrogens (primary N) is 1. The lowest BCUT2D eigenvalue weighted by Crippen LogP contribution is -2.52. The molecule has 1 unspecified atom stereocenters. The van der Waals surface area contributed by atoms with Crippen molar-refractivity contribution in [3.05, 3.63) is 17.8 Å². The quantitative estimate of drug-likeness (QED) is 0.842. The van der Waals surface area contributed by atoms with Crippen LogP contribution in [0.15, 0.2) is 12.3 Å². The van der Waals surface area contributed by atoms with E-state index in [2.05, 4.69) is 28.6 Å². The first kappa shape index (κ1) is 12.2. The number of rotatable bonds is 2. The van der Waals surface area contributed by atoms with E-state index in [9.17, 15) is 0 Å². The molecule has 0 radical (unpaired) electrons. The molecule has 1 fully saturated rings. The summed E-state index contributed by atoms with van der Waals surface area (Å²) in [6, 6.07) is 2.53. The van der Waals surface area contributed by atoms with Crippen molar-refractivity contribution in [2.75, 3.05) is 36.8 Å². The summed E-state index contributed by atoms with van der Waals surface area (Å²) in [6.45, 7) is 10.7. The van der Waals surface area contributed by atoms with Gasteiger partial charge in [-0.05, 0) is 32.0 Å². The molecule has 17 heavy (non-hydrogen) atoms. The third kappa shape index (κ3) is 2.36. The number of nitrogen functional groups attached to an aromatic ring is 1. The highest BCUT2D eigenvalue weighted by atomic mass is 15.3. The molecule has 0 spiro atoms. The highest BCUT2D eigenvalue weighted by Crippen LogP contribution is 2.25. The molecule has 4 heteroatoms. The topological polar surface area (TPSA) is 45.4 Å². The number of hydrogen-bond donors (Lipinski definition) is 1. The smallest absolute Gasteiger partial charge is 0.152 e. The number of likely N-dealkylation sites (N-methyl/N-ethyl adjacent to an activating group) is 1. The second-order valence-corrected chi connectivity index (χ2v) is 4.79. The third-order valence-corrected chi connectivity index (χ3v) is 3.66. The average Bonchev–Trinajstić information content (AvgIpc) is 2.32. The van der Waals surface area contributed by atoms with Gasteiger partial charge in [0.05, 0.1) is 5.69 Å². The van der Waals surface area contributed by atoms with Gasteiger partial charge in [-0.1, -0.05) is 6.92 Å². The summed E-state index contributed by atoms with van der Waals surface area (Å²) >= 11 is 0. The van der Waals surface area contributed by atoms with Crippen LogP contribution in [-0.4, -0.2) is 42.1 Å². The molecule has 1 atom stereocenters. The first-order chi connectivity index (χ1) is 8.13. The SMILES string of the molecule is CCN1CCN(c2nccc(C)c2N)CC1C. The molecular weight excluding hydrogens is 212 g/mol. The zero-order valence-corrected chi connectivity index (χ0v) is 11.0. The summed E-state index contributed by atoms with van der Waals surface area (Å²) in [7, 11) is 0. The van der Waals surface area contributed by atoms with Gasteiger partial charge in [0.15, 0.2) is 5.82 Å². The van der Waals surface area contributed by atoms with E-state index in [0.717, 1.165) is 43.2 Å². The fourth-order valence-electron chi connectivity index (χ4n) is 2.46. The van der Waals surface area contributed by atoms with Gasteiger partial charge in [0.25, 0.3) is 0 Å². The van der Waals surface area contributed by atoms with Crippen molar-refractivity contribution >= 4 is 11.5 Å². The highest BCUT2D eigenvalue weighted by Gasteiger charge is 2.24. The van der Waals surface area contributed by atoms with Gasteiger partial charge < -0.3 is 10.6 Å². The van der Waals surface area contributed by atoms with Gasteiger partial charge >= 0.3 is 0 Å². The maximum absolute atomic E-state index is 6.11. The number of aromatic nitrogens is 1. The van der Waals surface area contributed by atoms with Gasteiger partial charge in [-0.25, -0.2) is 4.98 Å². The number of piperazine rings is 1. The molecule has 2 heterocycles. The molecule has 2 rings (SSSR count). The fraction of sp³-hybridized carbons (Fsp3) is 0.615. The van der Waals surface area contributed by atoms with Gasteiger partial charge in [0.1, 0.15) is 0 Å². The Balaban J connectivity index is 2.16. The van der Waals surface area contributed by atoms with Crippen molar-refractivity contribution in [1.29, 1.82) is 0 Å². The third-order valence-electron chi connectivity index (χ3n) is 3.66. The van der Waals surface area contributed by atoms with Crippen LogP contribution < -0.4 is 10.6 Å². The van der Waals surface area contributed by atoms with Crippen LogP contribution in [0, 0.1) is 6.92 Å². The van der Waals surface area contributed by atoms with Crippen LogP contribution in [0.3, 0.4) is 0 Å². The standard InChI is InChI=1S/C13H22N4/c1-4-16-7-8-17(9-11(16)3)13-12(14)10(2)5-6-15-13/h5-6,11H,4,7-9,14H2,1-3H3. The molecule has 1 aromatic rings. The van der Waals surface area contributed by atoms with Gasteiger partial charge in [-0.3, -0.25) is 4.90 Å². The minimum atomic E-state index is 0.565. The van der Waals surface area contributed by atoms with Crippen molar-refractivity contribution in [1.82, 2.24) is 9.88 Å². The molecule has 4 nitrogen and oxygen atoms in total. The number of aryl methyl sites for hydroxylation is 1. The molecule has 0 aliphatic carbocycles. The second kappa shape index (κ2) is 4.92. The zero-order valence-electron chi connectivity index (χ0n) is 11.0. The molecule has 0 saturated carbocycles. The Kier molecular flexibility index (Phi) is 3.52. The molecule has 0 amide bonds. The Bertz CT molecular complexity index is 391. The lowest BCUT2D eigenvalue weighted by atomic mass is 10.1. The Morgan fingerprint density at radius 2 is 2.24 bits per heavy atom. The van der Waals surface area contributed by atoms with Gasteiger partial charge in [0, 0.05) is 31.9 Å². The van der Waals surface area contributed by atoms with Crippen LogP contribution in [0.5, 0.6) is 0 Å². The molecule has 2 N–H and O–H groups in total. The summed E-state index contributed by atoms with van der Waals surface area (Å²) in [5, 5.41) is 0. The molecular formula is C13H22N4. The fourth-order valence-corrected chi connectivity index (χ4v) is 2.46. The van der Waals surface area contributed by atoms with E-state index in [1.807, 2.05) is 19.2 Å². The van der Waals surface area contributed by atoms with Crippen LogP contribution in [0.2, 0.25) is 0 Å². The number of nitrogens with zero attached hydrogens (tertiary/aromatic N) is 3. The molecule has 1 aromatic heterocycles. The number of anilines is 2. The van der Waals surface area contributed by atoms with Crippen LogP contribution >= 0.6 is 0 Å². The van der Waals surface area contributed by atoms with Crippen molar-refractivity contribution in [3.8, 4) is 0 Å². The normalized spacial score (nSPS) is 21.8. The first-order valence-electron chi connectivity index (χ1n) is 6.33. The predicted molar refractivity (Wildman–Crippen MR) is 72.3 cm³/mol. The van der Waals surface area contributed by atoms with Gasteiger partial charge in [-0.15, -0.1) is 0 Å². The molecule has 0 bridgehead atoms. The van der Waals surface area contributed by atoms with E-state index < -0.39 is 0 Å². The van der Waals surface area contributed by atoms with E-state index in [1.54, 1.807) is 0 Å². The van der Waals surface area contributed by atoms with Gasteiger partial charge in [-0.2, -0.15) is 0 Å². The van der Waals surface area contributed by atoms with Crippen molar-refractivity contribution < 1.29 is 0 Å². The van der Waals surface area contributed by atoms with Crippen molar-refractivity contribution in [2.24, 2.45) is 0 Å². The molecule has 1 aliphatic rings. The van der Waals surface area contributed by atoms with E-state index >= 15 is 0 Å². The Morgan fingerprint density at radius 1 is 1.47 bits per heavy atom. The largest absolute Gasteiger partial charge is 0.396 e. The summed E-state index contributed by atoms with van der Waals surface area (Å²) in [5.74, 6) is 0.951. The van der Waals surface area contributed by atoms with Crippen LogP contribution in [0.25, 0.3) is 0 Å². The number of pyridine rings is 1. The molecule has 94 valence electrons. The van der Waals surface area contributed by atoms with Crippen molar-refractivity contribution in [2.45, 2.75) is 26.8 Å². The molecule has 1 aliphatic heterocycles. The maximum atomic E-state index is 6.11. The lowest BCUT2D eigenvalue weighted by molar-refractivity contribution is 0.199. The summed E-state index contributed by atoms with van der Waals surface area (Å²) < 4.78 is 0. The Hall–Kier alpha value is -1.29. The minimum absolute atomic E-state index is 0.565. The monoisotopic (exact) mass is 234 g/mol. The van der Waals surface area contributed by atoms with Crippen molar-refractivity contribution in [3.63, 3.8) is 0 Å². The Morgan fingerprint density at radius 3 is 2.88 bits per heavy atom. The highest BCUT2D eigenvalue weighted by molar-refractivity contribution is 5.66. The summed E-state index contributed by atoms with van der Waals surface area (Å²) in [6.07, 6.45) is 1.85. The van der Waals surface area contributed by atoms with E-state index in [-0.39, 0.29) is 0 Å². The van der Waals surface area contributed by atoms with E-state index in [1.165, 1.54) is 0 Å². The minimum Gasteiger partial charge on any atom is -0.396 e. The van der Waals surface area contributed by atoms with Crippen LogP contribution in [-0.2, 0) is 0 Å². The zero-order chi connectivity index (χ0) is 12.4. The number of hydrogen-bond acceptors (Lipinski definition) is 4. The molecule has 0 aromatic carbocycles. The second-order valence-electron chi connectivity index (χ2n) is 4.79. The van der Waals surface area contributed by atoms with Gasteiger partial charge in [0.2, 0.25) is 0 Å². The summed E-state index contributed by atoms with van der Waals surface area (Å²) in [5.41, 5.74) is 8.04. The van der Waals surface area contributed by atoms with Crippen LogP contribution in [0.4, 0.5) is 11.5 Å². The predicted octanol–water partition coefficient (Wildman–Crippen LogP) is 1.50. The first-order valence-corrected chi connectivity index (χ1v) is 6.33. The molecule has 1 saturated heterocycles. The maximum Gasteiger partial charge on any atom is 0.152 e.